The van der Waals surface area contributed by atoms with Crippen molar-refractivity contribution in [3.05, 3.63) is 42.6 Å². The van der Waals surface area contributed by atoms with Gasteiger partial charge in [0.1, 0.15) is 17.9 Å². The van der Waals surface area contributed by atoms with Gasteiger partial charge in [-0.1, -0.05) is 0 Å². The first kappa shape index (κ1) is 10.4. The largest absolute Gasteiger partial charge is 0.497 e. The number of hydrogen-bond acceptors (Lipinski definition) is 4. The number of ether oxygens (including phenoxy) is 1. The molecule has 2 aromatic rings. The highest BCUT2D eigenvalue weighted by Crippen LogP contribution is 2.18. The second kappa shape index (κ2) is 4.57. The van der Waals surface area contributed by atoms with Crippen LogP contribution in [-0.2, 0) is 0 Å². The van der Waals surface area contributed by atoms with Gasteiger partial charge in [0.05, 0.1) is 7.11 Å². The fourth-order valence-electron chi connectivity index (χ4n) is 1.22. The molecule has 1 aromatic carbocycles. The zero-order valence-corrected chi connectivity index (χ0v) is 8.64. The molecule has 1 N–H and O–H groups in total. The summed E-state index contributed by atoms with van der Waals surface area (Å²) in [6.45, 7) is 0. The molecule has 0 spiro atoms. The van der Waals surface area contributed by atoms with Crippen LogP contribution in [0.4, 0.5) is 15.9 Å². The summed E-state index contributed by atoms with van der Waals surface area (Å²) in [5, 5.41) is 2.95. The molecule has 1 heterocycles. The summed E-state index contributed by atoms with van der Waals surface area (Å²) in [4.78, 5) is 7.26. The first-order valence-corrected chi connectivity index (χ1v) is 4.66. The smallest absolute Gasteiger partial charge is 0.218 e. The quantitative estimate of drug-likeness (QED) is 0.805. The van der Waals surface area contributed by atoms with Crippen LogP contribution in [0.5, 0.6) is 5.75 Å². The van der Waals surface area contributed by atoms with Gasteiger partial charge in [-0.2, -0.15) is 4.39 Å². The van der Waals surface area contributed by atoms with Gasteiger partial charge in [0.2, 0.25) is 5.95 Å². The Morgan fingerprint density at radius 1 is 1.19 bits per heavy atom. The summed E-state index contributed by atoms with van der Waals surface area (Å²) in [5.74, 6) is 0.614. The molecule has 0 saturated heterocycles. The standard InChI is InChI=1S/C11H10FN3O/c1-16-9-4-2-8(3-5-9)15-11-6-10(12)13-7-14-11/h2-7H,1H3,(H,13,14,15). The van der Waals surface area contributed by atoms with Crippen LogP contribution in [0.3, 0.4) is 0 Å². The zero-order valence-electron chi connectivity index (χ0n) is 8.64. The van der Waals surface area contributed by atoms with E-state index in [1.807, 2.05) is 12.1 Å². The number of benzene rings is 1. The van der Waals surface area contributed by atoms with Crippen molar-refractivity contribution < 1.29 is 9.13 Å². The van der Waals surface area contributed by atoms with Crippen LogP contribution in [0, 0.1) is 5.95 Å². The Morgan fingerprint density at radius 2 is 1.94 bits per heavy atom. The first-order chi connectivity index (χ1) is 7.78. The maximum atomic E-state index is 12.8. The Kier molecular flexibility index (Phi) is 2.95. The van der Waals surface area contributed by atoms with E-state index in [0.717, 1.165) is 11.4 Å². The Bertz CT molecular complexity index is 473. The van der Waals surface area contributed by atoms with E-state index in [1.54, 1.807) is 19.2 Å². The maximum absolute atomic E-state index is 12.8. The van der Waals surface area contributed by atoms with E-state index in [0.29, 0.717) is 5.82 Å². The highest BCUT2D eigenvalue weighted by Gasteiger charge is 1.98. The van der Waals surface area contributed by atoms with Gasteiger partial charge in [-0.3, -0.25) is 0 Å². The zero-order chi connectivity index (χ0) is 11.4. The molecular weight excluding hydrogens is 209 g/mol. The Balaban J connectivity index is 2.14. The molecular formula is C11H10FN3O. The number of aromatic nitrogens is 2. The van der Waals surface area contributed by atoms with E-state index in [4.69, 9.17) is 4.74 Å². The monoisotopic (exact) mass is 219 g/mol. The van der Waals surface area contributed by atoms with E-state index in [1.165, 1.54) is 12.4 Å². The van der Waals surface area contributed by atoms with Gasteiger partial charge in [-0.05, 0) is 24.3 Å². The van der Waals surface area contributed by atoms with E-state index in [2.05, 4.69) is 15.3 Å². The predicted octanol–water partition coefficient (Wildman–Crippen LogP) is 2.37. The molecule has 0 fully saturated rings. The Morgan fingerprint density at radius 3 is 2.56 bits per heavy atom. The molecule has 4 nitrogen and oxygen atoms in total. The minimum atomic E-state index is -0.564. The highest BCUT2D eigenvalue weighted by molar-refractivity contribution is 5.56. The van der Waals surface area contributed by atoms with Crippen LogP contribution in [-0.4, -0.2) is 17.1 Å². The van der Waals surface area contributed by atoms with Crippen LogP contribution in [0.1, 0.15) is 0 Å². The van der Waals surface area contributed by atoms with Crippen molar-refractivity contribution in [3.8, 4) is 5.75 Å². The maximum Gasteiger partial charge on any atom is 0.218 e. The van der Waals surface area contributed by atoms with Crippen LogP contribution in [0.2, 0.25) is 0 Å². The third kappa shape index (κ3) is 2.44. The molecule has 0 saturated carbocycles. The lowest BCUT2D eigenvalue weighted by atomic mass is 10.3. The predicted molar refractivity (Wildman–Crippen MR) is 58.3 cm³/mol. The van der Waals surface area contributed by atoms with Crippen molar-refractivity contribution in [3.63, 3.8) is 0 Å². The van der Waals surface area contributed by atoms with E-state index in [-0.39, 0.29) is 0 Å². The van der Waals surface area contributed by atoms with Gasteiger partial charge in [0, 0.05) is 11.8 Å². The molecule has 0 radical (unpaired) electrons. The number of nitrogens with zero attached hydrogens (tertiary/aromatic N) is 2. The summed E-state index contributed by atoms with van der Waals surface area (Å²) < 4.78 is 17.8. The topological polar surface area (TPSA) is 47.0 Å². The number of halogens is 1. The minimum Gasteiger partial charge on any atom is -0.497 e. The summed E-state index contributed by atoms with van der Waals surface area (Å²) in [6.07, 6.45) is 1.17. The van der Waals surface area contributed by atoms with Gasteiger partial charge < -0.3 is 10.1 Å². The number of hydrogen-bond donors (Lipinski definition) is 1. The van der Waals surface area contributed by atoms with Crippen molar-refractivity contribution >= 4 is 11.5 Å². The SMILES string of the molecule is COc1ccc(Nc2cc(F)ncn2)cc1. The Hall–Kier alpha value is -2.17. The van der Waals surface area contributed by atoms with Gasteiger partial charge in [0.25, 0.3) is 0 Å². The lowest BCUT2D eigenvalue weighted by molar-refractivity contribution is 0.415. The molecule has 0 aliphatic heterocycles. The van der Waals surface area contributed by atoms with E-state index >= 15 is 0 Å². The fourth-order valence-corrected chi connectivity index (χ4v) is 1.22. The molecule has 0 bridgehead atoms. The van der Waals surface area contributed by atoms with E-state index < -0.39 is 5.95 Å². The van der Waals surface area contributed by atoms with Crippen LogP contribution < -0.4 is 10.1 Å². The normalized spacial score (nSPS) is 9.88. The second-order valence-corrected chi connectivity index (χ2v) is 3.08. The van der Waals surface area contributed by atoms with Gasteiger partial charge in [-0.25, -0.2) is 9.97 Å². The molecule has 2 rings (SSSR count). The number of rotatable bonds is 3. The summed E-state index contributed by atoms with van der Waals surface area (Å²) >= 11 is 0. The number of anilines is 2. The lowest BCUT2D eigenvalue weighted by Gasteiger charge is -2.05. The molecule has 0 aliphatic carbocycles. The van der Waals surface area contributed by atoms with Crippen LogP contribution >= 0.6 is 0 Å². The molecule has 16 heavy (non-hydrogen) atoms. The molecule has 0 unspecified atom stereocenters. The first-order valence-electron chi connectivity index (χ1n) is 4.66. The second-order valence-electron chi connectivity index (χ2n) is 3.08. The third-order valence-electron chi connectivity index (χ3n) is 2.00. The van der Waals surface area contributed by atoms with Gasteiger partial charge in [-0.15, -0.1) is 0 Å². The summed E-state index contributed by atoms with van der Waals surface area (Å²) in [7, 11) is 1.60. The third-order valence-corrected chi connectivity index (χ3v) is 2.00. The molecule has 1 aromatic heterocycles. The Labute approximate surface area is 92.1 Å². The average Bonchev–Trinajstić information content (AvgIpc) is 2.30. The molecule has 0 atom stereocenters. The van der Waals surface area contributed by atoms with Crippen LogP contribution in [0.25, 0.3) is 0 Å². The van der Waals surface area contributed by atoms with Crippen molar-refractivity contribution in [1.29, 1.82) is 0 Å². The molecule has 0 amide bonds. The van der Waals surface area contributed by atoms with Crippen molar-refractivity contribution in [2.24, 2.45) is 0 Å². The van der Waals surface area contributed by atoms with Gasteiger partial charge in [0.15, 0.2) is 0 Å². The molecule has 0 aliphatic rings. The minimum absolute atomic E-state index is 0.415. The fraction of sp³-hybridized carbons (Fsp3) is 0.0909. The average molecular weight is 219 g/mol. The van der Waals surface area contributed by atoms with Gasteiger partial charge >= 0.3 is 0 Å². The molecule has 82 valence electrons. The van der Waals surface area contributed by atoms with Crippen molar-refractivity contribution in [1.82, 2.24) is 9.97 Å². The number of nitrogens with one attached hydrogen (secondary N) is 1. The van der Waals surface area contributed by atoms with E-state index in [9.17, 15) is 4.39 Å². The highest BCUT2D eigenvalue weighted by atomic mass is 19.1. The van der Waals surface area contributed by atoms with Crippen molar-refractivity contribution in [2.45, 2.75) is 0 Å². The summed E-state index contributed by atoms with van der Waals surface area (Å²) in [5.41, 5.74) is 0.805. The van der Waals surface area contributed by atoms with Crippen molar-refractivity contribution in [2.75, 3.05) is 12.4 Å². The summed E-state index contributed by atoms with van der Waals surface area (Å²) in [6, 6.07) is 8.47. The molecule has 5 heteroatoms. The number of methoxy groups -OCH3 is 1. The van der Waals surface area contributed by atoms with Crippen LogP contribution in [0.15, 0.2) is 36.7 Å². The lowest BCUT2D eigenvalue weighted by Crippen LogP contribution is -1.95.